The van der Waals surface area contributed by atoms with Crippen molar-refractivity contribution in [3.8, 4) is 56.2 Å². The van der Waals surface area contributed by atoms with E-state index in [4.69, 9.17) is 19.9 Å². The van der Waals surface area contributed by atoms with Crippen LogP contribution in [-0.4, -0.2) is 29.8 Å². The minimum Gasteiger partial charge on any atom is -0.258 e. The summed E-state index contributed by atoms with van der Waals surface area (Å²) in [6.45, 7) is 0. The van der Waals surface area contributed by atoms with Gasteiger partial charge in [-0.3, -0.25) is 20.2 Å². The summed E-state index contributed by atoms with van der Waals surface area (Å²) in [6.07, 6.45) is 0. The van der Waals surface area contributed by atoms with E-state index in [0.717, 1.165) is 39.2 Å². The zero-order valence-corrected chi connectivity index (χ0v) is 26.2. The predicted molar refractivity (Wildman–Crippen MR) is 193 cm³/mol. The number of nitrogens with zero attached hydrogens (tertiary/aromatic N) is 6. The lowest BCUT2D eigenvalue weighted by atomic mass is 9.99. The van der Waals surface area contributed by atoms with Crippen molar-refractivity contribution < 1.29 is 9.85 Å². The summed E-state index contributed by atoms with van der Waals surface area (Å²) in [5.74, 6) is 0. The molecule has 0 saturated carbocycles. The molecule has 2 heterocycles. The van der Waals surface area contributed by atoms with Crippen molar-refractivity contribution in [2.45, 2.75) is 0 Å². The lowest BCUT2D eigenvalue weighted by molar-refractivity contribution is -0.384. The third-order valence-electron chi connectivity index (χ3n) is 8.47. The van der Waals surface area contributed by atoms with Crippen molar-refractivity contribution in [2.75, 3.05) is 0 Å². The average molecular weight is 653 g/mol. The summed E-state index contributed by atoms with van der Waals surface area (Å²) in [6, 6.07) is 43.7. The number of fused-ring (bicyclic) bond motifs is 2. The van der Waals surface area contributed by atoms with Crippen LogP contribution in [0.3, 0.4) is 0 Å². The highest BCUT2D eigenvalue weighted by Gasteiger charge is 2.25. The summed E-state index contributed by atoms with van der Waals surface area (Å²) >= 11 is 0. The largest absolute Gasteiger partial charge is 0.278 e. The van der Waals surface area contributed by atoms with E-state index < -0.39 is 9.85 Å². The van der Waals surface area contributed by atoms with Crippen molar-refractivity contribution in [1.29, 1.82) is 0 Å². The summed E-state index contributed by atoms with van der Waals surface area (Å²) in [7, 11) is 0. The molecule has 2 aromatic heterocycles. The summed E-state index contributed by atoms with van der Waals surface area (Å²) < 4.78 is 0. The van der Waals surface area contributed by atoms with Crippen LogP contribution in [0.1, 0.15) is 0 Å². The third kappa shape index (κ3) is 5.46. The van der Waals surface area contributed by atoms with Gasteiger partial charge in [-0.05, 0) is 47.5 Å². The lowest BCUT2D eigenvalue weighted by Gasteiger charge is -2.13. The number of nitro groups is 2. The van der Waals surface area contributed by atoms with E-state index in [2.05, 4.69) is 0 Å². The highest BCUT2D eigenvalue weighted by Crippen LogP contribution is 2.40. The molecule has 0 aliphatic heterocycles. The number of benzene rings is 6. The molecule has 0 N–H and O–H groups in total. The second-order valence-electron chi connectivity index (χ2n) is 11.5. The van der Waals surface area contributed by atoms with Gasteiger partial charge < -0.3 is 0 Å². The zero-order valence-electron chi connectivity index (χ0n) is 26.2. The Balaban J connectivity index is 1.30. The van der Waals surface area contributed by atoms with Gasteiger partial charge in [0, 0.05) is 23.3 Å². The molecule has 6 aromatic carbocycles. The van der Waals surface area contributed by atoms with Gasteiger partial charge in [0.25, 0.3) is 11.4 Å². The van der Waals surface area contributed by atoms with Crippen LogP contribution in [0.15, 0.2) is 146 Å². The molecule has 0 unspecified atom stereocenters. The molecule has 238 valence electrons. The lowest BCUT2D eigenvalue weighted by Crippen LogP contribution is -2.01. The van der Waals surface area contributed by atoms with Crippen molar-refractivity contribution in [3.63, 3.8) is 0 Å². The fourth-order valence-corrected chi connectivity index (χ4v) is 6.10. The maximum Gasteiger partial charge on any atom is 0.278 e. The highest BCUT2D eigenvalue weighted by atomic mass is 16.6. The third-order valence-corrected chi connectivity index (χ3v) is 8.47. The first-order valence-corrected chi connectivity index (χ1v) is 15.7. The van der Waals surface area contributed by atoms with Crippen LogP contribution in [0.4, 0.5) is 11.4 Å². The quantitative estimate of drug-likeness (QED) is 0.122. The Morgan fingerprint density at radius 2 is 0.720 bits per heavy atom. The molecular formula is C40H24N6O4. The van der Waals surface area contributed by atoms with Crippen LogP contribution in [0.25, 0.3) is 78.2 Å². The molecule has 8 rings (SSSR count). The first-order chi connectivity index (χ1) is 24.4. The van der Waals surface area contributed by atoms with Crippen molar-refractivity contribution in [3.05, 3.63) is 166 Å². The summed E-state index contributed by atoms with van der Waals surface area (Å²) in [5.41, 5.74) is 7.92. The SMILES string of the molecule is O=[N+]([O-])c1ccccc1-c1nc2ccc(-c3ccc4nc(-c5ccccc5)c(-c5ccccc5)nc4c3)cc2nc1-c1ccccc1[N+](=O)[O-]. The molecule has 0 spiro atoms. The minimum absolute atomic E-state index is 0.168. The van der Waals surface area contributed by atoms with Crippen LogP contribution in [-0.2, 0) is 0 Å². The Labute approximate surface area is 284 Å². The van der Waals surface area contributed by atoms with Gasteiger partial charge in [-0.1, -0.05) is 97.1 Å². The Hall–Kier alpha value is -7.20. The molecule has 10 heteroatoms. The van der Waals surface area contributed by atoms with E-state index in [1.54, 1.807) is 42.5 Å². The summed E-state index contributed by atoms with van der Waals surface area (Å²) in [4.78, 5) is 43.0. The van der Waals surface area contributed by atoms with Gasteiger partial charge in [0.2, 0.25) is 0 Å². The monoisotopic (exact) mass is 652 g/mol. The number of rotatable bonds is 7. The fourth-order valence-electron chi connectivity index (χ4n) is 6.10. The summed E-state index contributed by atoms with van der Waals surface area (Å²) in [5, 5.41) is 24.1. The normalized spacial score (nSPS) is 11.1. The molecule has 0 radical (unpaired) electrons. The van der Waals surface area contributed by atoms with Gasteiger partial charge in [0.1, 0.15) is 11.4 Å². The molecule has 0 aliphatic rings. The maximum absolute atomic E-state index is 12.1. The van der Waals surface area contributed by atoms with Gasteiger partial charge in [0.05, 0.1) is 54.4 Å². The van der Waals surface area contributed by atoms with E-state index in [1.165, 1.54) is 12.1 Å². The number of para-hydroxylation sites is 2. The molecule has 10 nitrogen and oxygen atoms in total. The Morgan fingerprint density at radius 3 is 1.16 bits per heavy atom. The smallest absolute Gasteiger partial charge is 0.258 e. The number of hydrogen-bond acceptors (Lipinski definition) is 8. The van der Waals surface area contributed by atoms with E-state index in [1.807, 2.05) is 91.0 Å². The fraction of sp³-hybridized carbons (Fsp3) is 0. The van der Waals surface area contributed by atoms with Crippen LogP contribution < -0.4 is 0 Å². The van der Waals surface area contributed by atoms with E-state index in [0.29, 0.717) is 16.6 Å². The molecule has 50 heavy (non-hydrogen) atoms. The van der Waals surface area contributed by atoms with Crippen molar-refractivity contribution in [2.24, 2.45) is 0 Å². The van der Waals surface area contributed by atoms with Crippen LogP contribution in [0.5, 0.6) is 0 Å². The van der Waals surface area contributed by atoms with Crippen LogP contribution in [0, 0.1) is 20.2 Å². The molecule has 0 atom stereocenters. The van der Waals surface area contributed by atoms with Gasteiger partial charge in [-0.15, -0.1) is 0 Å². The zero-order chi connectivity index (χ0) is 34.2. The van der Waals surface area contributed by atoms with E-state index in [-0.39, 0.29) is 33.9 Å². The standard InChI is InChI=1S/C40H24N6O4/c47-45(48)35-17-9-7-15-29(35)39-40(30-16-8-10-18-36(30)46(49)50)44-34-24-28(20-22-32(34)42-39)27-19-21-31-33(23-27)43-38(26-13-5-2-6-14-26)37(41-31)25-11-3-1-4-12-25/h1-24H. The first kappa shape index (κ1) is 30.2. The second kappa shape index (κ2) is 12.4. The first-order valence-electron chi connectivity index (χ1n) is 15.7. The van der Waals surface area contributed by atoms with E-state index >= 15 is 0 Å². The van der Waals surface area contributed by atoms with Crippen LogP contribution >= 0.6 is 0 Å². The van der Waals surface area contributed by atoms with Gasteiger partial charge in [-0.2, -0.15) is 0 Å². The highest BCUT2D eigenvalue weighted by molar-refractivity contribution is 5.94. The Morgan fingerprint density at radius 1 is 0.360 bits per heavy atom. The Bertz CT molecular complexity index is 2610. The molecule has 0 bridgehead atoms. The van der Waals surface area contributed by atoms with Gasteiger partial charge >= 0.3 is 0 Å². The van der Waals surface area contributed by atoms with Crippen molar-refractivity contribution in [1.82, 2.24) is 19.9 Å². The molecule has 8 aromatic rings. The van der Waals surface area contributed by atoms with Gasteiger partial charge in [-0.25, -0.2) is 19.9 Å². The predicted octanol–water partition coefficient (Wildman–Crippen LogP) is 9.72. The van der Waals surface area contributed by atoms with Crippen molar-refractivity contribution >= 4 is 33.4 Å². The van der Waals surface area contributed by atoms with Gasteiger partial charge in [0.15, 0.2) is 0 Å². The van der Waals surface area contributed by atoms with Crippen LogP contribution in [0.2, 0.25) is 0 Å². The molecule has 0 fully saturated rings. The average Bonchev–Trinajstić information content (AvgIpc) is 3.17. The molecule has 0 aliphatic carbocycles. The molecular weight excluding hydrogens is 628 g/mol. The molecule has 0 saturated heterocycles. The van der Waals surface area contributed by atoms with E-state index in [9.17, 15) is 20.2 Å². The topological polar surface area (TPSA) is 138 Å². The number of nitro benzene ring substituents is 2. The second-order valence-corrected chi connectivity index (χ2v) is 11.5. The minimum atomic E-state index is -0.498. The Kier molecular flexibility index (Phi) is 7.50. The number of hydrogen-bond donors (Lipinski definition) is 0. The molecule has 0 amide bonds. The maximum atomic E-state index is 12.1. The number of aromatic nitrogens is 4.